The highest BCUT2D eigenvalue weighted by atomic mass is 35.5. The van der Waals surface area contributed by atoms with Crippen LogP contribution in [0.5, 0.6) is 0 Å². The number of hydrogen-bond acceptors (Lipinski definition) is 6. The van der Waals surface area contributed by atoms with Gasteiger partial charge < -0.3 is 4.74 Å². The zero-order valence-electron chi connectivity index (χ0n) is 10.9. The molecule has 106 valence electrons. The Hall–Kier alpha value is -1.81. The number of ether oxygens (including phenoxy) is 1. The molecule has 0 saturated carbocycles. The van der Waals surface area contributed by atoms with Crippen LogP contribution in [0.25, 0.3) is 6.08 Å². The smallest absolute Gasteiger partial charge is 0.348 e. The summed E-state index contributed by atoms with van der Waals surface area (Å²) in [6.45, 7) is 0. The molecule has 7 heteroatoms. The van der Waals surface area contributed by atoms with E-state index in [0.29, 0.717) is 4.88 Å². The third kappa shape index (κ3) is 4.08. The maximum Gasteiger partial charge on any atom is 0.348 e. The van der Waals surface area contributed by atoms with Crippen molar-refractivity contribution in [1.82, 2.24) is 4.98 Å². The highest BCUT2D eigenvalue weighted by molar-refractivity contribution is 8.01. The minimum absolute atomic E-state index is 0.112. The first-order valence-corrected chi connectivity index (χ1v) is 7.74. The molecule has 0 radical (unpaired) electrons. The molecule has 0 saturated heterocycles. The standard InChI is InChI=1S/C14H9ClN2O2S2/c1-19-13(18)9(8-16)7-11-12(15)17-14(21-11)20-10-5-3-2-4-6-10/h2-7H,1H3. The first-order valence-electron chi connectivity index (χ1n) is 5.73. The predicted octanol–water partition coefficient (Wildman–Crippen LogP) is 4.03. The largest absolute Gasteiger partial charge is 0.465 e. The number of nitrogens with zero attached hydrogens (tertiary/aromatic N) is 2. The minimum Gasteiger partial charge on any atom is -0.465 e. The lowest BCUT2D eigenvalue weighted by molar-refractivity contribution is -0.135. The summed E-state index contributed by atoms with van der Waals surface area (Å²) in [6, 6.07) is 11.5. The summed E-state index contributed by atoms with van der Waals surface area (Å²) in [5.41, 5.74) is -0.112. The number of esters is 1. The van der Waals surface area contributed by atoms with Crippen molar-refractivity contribution in [3.8, 4) is 6.07 Å². The van der Waals surface area contributed by atoms with E-state index in [0.717, 1.165) is 9.24 Å². The fourth-order valence-corrected chi connectivity index (χ4v) is 3.74. The summed E-state index contributed by atoms with van der Waals surface area (Å²) in [4.78, 5) is 17.2. The van der Waals surface area contributed by atoms with E-state index >= 15 is 0 Å². The number of carbonyl (C=O) groups excluding carboxylic acids is 1. The van der Waals surface area contributed by atoms with Crippen molar-refractivity contribution >= 4 is 46.7 Å². The van der Waals surface area contributed by atoms with Gasteiger partial charge in [-0.05, 0) is 18.2 Å². The van der Waals surface area contributed by atoms with Gasteiger partial charge in [-0.3, -0.25) is 0 Å². The zero-order valence-corrected chi connectivity index (χ0v) is 13.3. The van der Waals surface area contributed by atoms with E-state index in [9.17, 15) is 4.79 Å². The van der Waals surface area contributed by atoms with Crippen LogP contribution in [0.4, 0.5) is 0 Å². The zero-order chi connectivity index (χ0) is 15.2. The number of rotatable bonds is 4. The van der Waals surface area contributed by atoms with Crippen LogP contribution in [0, 0.1) is 11.3 Å². The molecule has 1 aromatic carbocycles. The Bertz CT molecular complexity index is 720. The second-order valence-corrected chi connectivity index (χ2v) is 6.42. The third-order valence-electron chi connectivity index (χ3n) is 2.34. The lowest BCUT2D eigenvalue weighted by atomic mass is 10.2. The van der Waals surface area contributed by atoms with Gasteiger partial charge in [0.1, 0.15) is 16.8 Å². The molecule has 0 bridgehead atoms. The monoisotopic (exact) mass is 336 g/mol. The SMILES string of the molecule is COC(=O)C(C#N)=Cc1sc(Sc2ccccc2)nc1Cl. The molecule has 0 spiro atoms. The van der Waals surface area contributed by atoms with E-state index in [4.69, 9.17) is 16.9 Å². The lowest BCUT2D eigenvalue weighted by Crippen LogP contribution is -2.02. The van der Waals surface area contributed by atoms with E-state index in [1.807, 2.05) is 30.3 Å². The van der Waals surface area contributed by atoms with Crippen molar-refractivity contribution in [2.45, 2.75) is 9.24 Å². The van der Waals surface area contributed by atoms with Gasteiger partial charge in [-0.2, -0.15) is 5.26 Å². The number of carbonyl (C=O) groups is 1. The summed E-state index contributed by atoms with van der Waals surface area (Å²) in [5, 5.41) is 9.20. The van der Waals surface area contributed by atoms with Gasteiger partial charge in [0.15, 0.2) is 4.34 Å². The van der Waals surface area contributed by atoms with Gasteiger partial charge >= 0.3 is 5.97 Å². The van der Waals surface area contributed by atoms with Crippen molar-refractivity contribution in [3.63, 3.8) is 0 Å². The first-order chi connectivity index (χ1) is 10.1. The summed E-state index contributed by atoms with van der Waals surface area (Å²) in [7, 11) is 1.22. The Morgan fingerprint density at radius 3 is 2.81 bits per heavy atom. The first kappa shape index (κ1) is 15.6. The molecule has 0 unspecified atom stereocenters. The van der Waals surface area contributed by atoms with E-state index in [1.54, 1.807) is 6.07 Å². The fraction of sp³-hybridized carbons (Fsp3) is 0.0714. The van der Waals surface area contributed by atoms with Crippen LogP contribution in [0.1, 0.15) is 4.88 Å². The van der Waals surface area contributed by atoms with E-state index in [2.05, 4.69) is 9.72 Å². The molecule has 0 N–H and O–H groups in total. The van der Waals surface area contributed by atoms with Gasteiger partial charge in [-0.25, -0.2) is 9.78 Å². The Morgan fingerprint density at radius 1 is 1.48 bits per heavy atom. The molecule has 0 atom stereocenters. The molecule has 0 aliphatic heterocycles. The number of halogens is 1. The van der Waals surface area contributed by atoms with Crippen molar-refractivity contribution in [1.29, 1.82) is 5.26 Å². The van der Waals surface area contributed by atoms with Crippen LogP contribution in [0.15, 0.2) is 45.1 Å². The Balaban J connectivity index is 2.26. The molecule has 1 heterocycles. The molecule has 1 aromatic heterocycles. The maximum absolute atomic E-state index is 11.4. The Labute approximate surface area is 135 Å². The minimum atomic E-state index is -0.695. The molecule has 2 rings (SSSR count). The Kier molecular flexibility index (Phi) is 5.39. The van der Waals surface area contributed by atoms with E-state index in [1.165, 1.54) is 36.3 Å². The highest BCUT2D eigenvalue weighted by Gasteiger charge is 2.14. The van der Waals surface area contributed by atoms with Gasteiger partial charge in [0.2, 0.25) is 0 Å². The van der Waals surface area contributed by atoms with Gasteiger partial charge in [0, 0.05) is 4.90 Å². The molecule has 0 aliphatic rings. The topological polar surface area (TPSA) is 63.0 Å². The molecule has 21 heavy (non-hydrogen) atoms. The lowest BCUT2D eigenvalue weighted by Gasteiger charge is -1.95. The summed E-state index contributed by atoms with van der Waals surface area (Å²) in [5.74, 6) is -0.695. The van der Waals surface area contributed by atoms with Gasteiger partial charge in [-0.15, -0.1) is 11.3 Å². The molecular weight excluding hydrogens is 328 g/mol. The number of hydrogen-bond donors (Lipinski definition) is 0. The van der Waals surface area contributed by atoms with Crippen LogP contribution < -0.4 is 0 Å². The van der Waals surface area contributed by atoms with Crippen LogP contribution in [-0.4, -0.2) is 18.1 Å². The number of benzene rings is 1. The van der Waals surface area contributed by atoms with E-state index in [-0.39, 0.29) is 10.7 Å². The summed E-state index contributed by atoms with van der Waals surface area (Å²) in [6.07, 6.45) is 1.39. The van der Waals surface area contributed by atoms with Crippen LogP contribution >= 0.6 is 34.7 Å². The summed E-state index contributed by atoms with van der Waals surface area (Å²) >= 11 is 8.82. The van der Waals surface area contributed by atoms with Crippen molar-refractivity contribution in [2.24, 2.45) is 0 Å². The normalized spacial score (nSPS) is 11.0. The number of nitriles is 1. The maximum atomic E-state index is 11.4. The van der Waals surface area contributed by atoms with Gasteiger partial charge in [-0.1, -0.05) is 41.6 Å². The quantitative estimate of drug-likeness (QED) is 0.479. The molecule has 0 aliphatic carbocycles. The molecule has 4 nitrogen and oxygen atoms in total. The second kappa shape index (κ2) is 7.27. The van der Waals surface area contributed by atoms with Gasteiger partial charge in [0.25, 0.3) is 0 Å². The molecular formula is C14H9ClN2O2S2. The van der Waals surface area contributed by atoms with Crippen LogP contribution in [-0.2, 0) is 9.53 Å². The predicted molar refractivity (Wildman–Crippen MR) is 83.3 cm³/mol. The fourth-order valence-electron chi connectivity index (χ4n) is 1.39. The molecule has 2 aromatic rings. The van der Waals surface area contributed by atoms with Crippen molar-refractivity contribution in [3.05, 3.63) is 45.9 Å². The number of methoxy groups -OCH3 is 1. The summed E-state index contributed by atoms with van der Waals surface area (Å²) < 4.78 is 5.26. The Morgan fingerprint density at radius 2 is 2.19 bits per heavy atom. The average Bonchev–Trinajstić information content (AvgIpc) is 2.84. The second-order valence-electron chi connectivity index (χ2n) is 3.71. The molecule has 0 amide bonds. The van der Waals surface area contributed by atoms with E-state index < -0.39 is 5.97 Å². The average molecular weight is 337 g/mol. The number of aromatic nitrogens is 1. The highest BCUT2D eigenvalue weighted by Crippen LogP contribution is 2.35. The van der Waals surface area contributed by atoms with Crippen molar-refractivity contribution < 1.29 is 9.53 Å². The van der Waals surface area contributed by atoms with Gasteiger partial charge in [0.05, 0.1) is 12.0 Å². The van der Waals surface area contributed by atoms with Crippen LogP contribution in [0.3, 0.4) is 0 Å². The van der Waals surface area contributed by atoms with Crippen molar-refractivity contribution in [2.75, 3.05) is 7.11 Å². The third-order valence-corrected chi connectivity index (χ3v) is 4.81. The van der Waals surface area contributed by atoms with Crippen LogP contribution in [0.2, 0.25) is 5.15 Å². The molecule has 0 fully saturated rings. The number of thiazole rings is 1.